The maximum atomic E-state index is 2.42. The Balaban J connectivity index is 4.23. The summed E-state index contributed by atoms with van der Waals surface area (Å²) >= 11 is 0. The monoisotopic (exact) mass is 227 g/mol. The number of rotatable bonds is 7. The minimum absolute atomic E-state index is 0.453. The van der Waals surface area contributed by atoms with Crippen LogP contribution in [0.1, 0.15) is 61.3 Å². The van der Waals surface area contributed by atoms with Crippen molar-refractivity contribution >= 4 is 0 Å². The molecule has 0 N–H and O–H groups in total. The van der Waals surface area contributed by atoms with E-state index in [4.69, 9.17) is 0 Å². The third kappa shape index (κ3) is 5.89. The molecule has 0 aliphatic carbocycles. The highest BCUT2D eigenvalue weighted by Gasteiger charge is 2.30. The summed E-state index contributed by atoms with van der Waals surface area (Å²) in [5, 5.41) is 0. The predicted octanol–water partition coefficient (Wildman–Crippen LogP) is 4.43. The van der Waals surface area contributed by atoms with Crippen LogP contribution in [0, 0.1) is 16.7 Å². The molecule has 0 amide bonds. The maximum absolute atomic E-state index is 2.42. The second kappa shape index (κ2) is 6.05. The Hall–Kier alpha value is -0.0400. The first kappa shape index (κ1) is 16.0. The maximum Gasteiger partial charge on any atom is -0.00168 e. The van der Waals surface area contributed by atoms with Gasteiger partial charge in [-0.25, -0.2) is 0 Å². The highest BCUT2D eigenvalue weighted by Crippen LogP contribution is 2.40. The van der Waals surface area contributed by atoms with Crippen LogP contribution in [0.4, 0.5) is 0 Å². The first-order chi connectivity index (χ1) is 7.10. The second-order valence-corrected chi connectivity index (χ2v) is 7.13. The van der Waals surface area contributed by atoms with E-state index in [1.54, 1.807) is 0 Å². The zero-order valence-corrected chi connectivity index (χ0v) is 12.9. The molecule has 0 aliphatic heterocycles. The molecule has 0 radical (unpaired) electrons. The van der Waals surface area contributed by atoms with Crippen LogP contribution in [0.2, 0.25) is 0 Å². The van der Waals surface area contributed by atoms with E-state index in [0.29, 0.717) is 10.8 Å². The van der Waals surface area contributed by atoms with E-state index in [2.05, 4.69) is 60.4 Å². The van der Waals surface area contributed by atoms with Crippen molar-refractivity contribution in [3.63, 3.8) is 0 Å². The molecular weight excluding hydrogens is 194 g/mol. The highest BCUT2D eigenvalue weighted by molar-refractivity contribution is 4.81. The molecule has 16 heavy (non-hydrogen) atoms. The molecule has 0 aliphatic rings. The highest BCUT2D eigenvalue weighted by atomic mass is 15.1. The first-order valence-electron chi connectivity index (χ1n) is 6.79. The Morgan fingerprint density at radius 3 is 1.94 bits per heavy atom. The normalized spacial score (nSPS) is 13.9. The molecule has 0 rings (SSSR count). The fourth-order valence-corrected chi connectivity index (χ4v) is 2.18. The quantitative estimate of drug-likeness (QED) is 0.622. The molecule has 0 fully saturated rings. The van der Waals surface area contributed by atoms with Crippen molar-refractivity contribution in [2.45, 2.75) is 61.3 Å². The van der Waals surface area contributed by atoms with Crippen molar-refractivity contribution in [2.24, 2.45) is 16.7 Å². The van der Waals surface area contributed by atoms with Crippen LogP contribution in [0.15, 0.2) is 0 Å². The summed E-state index contributed by atoms with van der Waals surface area (Å²) in [5.74, 6) is 0.760. The van der Waals surface area contributed by atoms with Gasteiger partial charge in [-0.3, -0.25) is 0 Å². The number of hydrogen-bond donors (Lipinski definition) is 0. The predicted molar refractivity (Wildman–Crippen MR) is 74.8 cm³/mol. The van der Waals surface area contributed by atoms with Gasteiger partial charge in [-0.2, -0.15) is 0 Å². The van der Waals surface area contributed by atoms with Crippen molar-refractivity contribution in [3.8, 4) is 0 Å². The average Bonchev–Trinajstić information content (AvgIpc) is 2.12. The molecule has 1 heteroatoms. The third-order valence-corrected chi connectivity index (χ3v) is 4.21. The van der Waals surface area contributed by atoms with Gasteiger partial charge in [-0.1, -0.05) is 48.5 Å². The summed E-state index contributed by atoms with van der Waals surface area (Å²) in [6, 6.07) is 0. The van der Waals surface area contributed by atoms with Crippen molar-refractivity contribution in [1.29, 1.82) is 0 Å². The lowest BCUT2D eigenvalue weighted by atomic mass is 9.68. The number of hydrogen-bond acceptors (Lipinski definition) is 1. The van der Waals surface area contributed by atoms with Gasteiger partial charge in [-0.05, 0) is 49.7 Å². The van der Waals surface area contributed by atoms with Gasteiger partial charge in [0.05, 0.1) is 0 Å². The van der Waals surface area contributed by atoms with E-state index in [-0.39, 0.29) is 0 Å². The van der Waals surface area contributed by atoms with Crippen LogP contribution in [0.25, 0.3) is 0 Å². The van der Waals surface area contributed by atoms with Gasteiger partial charge in [-0.15, -0.1) is 0 Å². The van der Waals surface area contributed by atoms with E-state index in [9.17, 15) is 0 Å². The standard InChI is InChI=1S/C15H33N/c1-9-16(8)11-10-14(4,5)12-15(6,7)13(2)3/h13H,9-12H2,1-8H3. The van der Waals surface area contributed by atoms with Crippen molar-refractivity contribution in [3.05, 3.63) is 0 Å². The summed E-state index contributed by atoms with van der Waals surface area (Å²) in [5.41, 5.74) is 0.908. The van der Waals surface area contributed by atoms with E-state index in [0.717, 1.165) is 12.5 Å². The number of nitrogens with zero attached hydrogens (tertiary/aromatic N) is 1. The van der Waals surface area contributed by atoms with Crippen LogP contribution in [0.3, 0.4) is 0 Å². The fourth-order valence-electron chi connectivity index (χ4n) is 2.18. The lowest BCUT2D eigenvalue weighted by Crippen LogP contribution is -2.31. The largest absolute Gasteiger partial charge is 0.307 e. The first-order valence-corrected chi connectivity index (χ1v) is 6.79. The van der Waals surface area contributed by atoms with Crippen molar-refractivity contribution in [2.75, 3.05) is 20.1 Å². The van der Waals surface area contributed by atoms with E-state index in [1.165, 1.54) is 19.4 Å². The lowest BCUT2D eigenvalue weighted by molar-refractivity contribution is 0.122. The fraction of sp³-hybridized carbons (Fsp3) is 1.00. The van der Waals surface area contributed by atoms with Crippen LogP contribution < -0.4 is 0 Å². The van der Waals surface area contributed by atoms with Gasteiger partial charge >= 0.3 is 0 Å². The summed E-state index contributed by atoms with van der Waals surface area (Å²) in [7, 11) is 2.21. The summed E-state index contributed by atoms with van der Waals surface area (Å²) < 4.78 is 0. The second-order valence-electron chi connectivity index (χ2n) is 7.13. The average molecular weight is 227 g/mol. The van der Waals surface area contributed by atoms with Crippen LogP contribution in [-0.4, -0.2) is 25.0 Å². The minimum atomic E-state index is 0.453. The van der Waals surface area contributed by atoms with Crippen LogP contribution in [-0.2, 0) is 0 Å². The van der Waals surface area contributed by atoms with Crippen LogP contribution in [0.5, 0.6) is 0 Å². The molecule has 98 valence electrons. The Labute approximate surface area is 104 Å². The Bertz CT molecular complexity index is 192. The summed E-state index contributed by atoms with van der Waals surface area (Å²) in [4.78, 5) is 2.41. The van der Waals surface area contributed by atoms with E-state index >= 15 is 0 Å². The van der Waals surface area contributed by atoms with Crippen molar-refractivity contribution < 1.29 is 0 Å². The molecule has 0 saturated carbocycles. The molecule has 0 bridgehead atoms. The molecule has 0 saturated heterocycles. The van der Waals surface area contributed by atoms with Gasteiger partial charge in [0.25, 0.3) is 0 Å². The molecule has 0 aromatic carbocycles. The Kier molecular flexibility index (Phi) is 6.03. The lowest BCUT2D eigenvalue weighted by Gasteiger charge is -2.38. The molecular formula is C15H33N. The molecule has 0 unspecified atom stereocenters. The van der Waals surface area contributed by atoms with Gasteiger partial charge in [0, 0.05) is 0 Å². The smallest absolute Gasteiger partial charge is 0.00168 e. The van der Waals surface area contributed by atoms with Crippen LogP contribution >= 0.6 is 0 Å². The van der Waals surface area contributed by atoms with Gasteiger partial charge in [0.2, 0.25) is 0 Å². The topological polar surface area (TPSA) is 3.24 Å². The third-order valence-electron chi connectivity index (χ3n) is 4.21. The molecule has 0 aromatic heterocycles. The molecule has 1 nitrogen and oxygen atoms in total. The molecule has 0 aromatic rings. The Morgan fingerprint density at radius 1 is 1.06 bits per heavy atom. The molecule has 0 heterocycles. The van der Waals surface area contributed by atoms with Gasteiger partial charge in [0.15, 0.2) is 0 Å². The molecule has 0 spiro atoms. The SMILES string of the molecule is CCN(C)CCC(C)(C)CC(C)(C)C(C)C. The zero-order chi connectivity index (χ0) is 13.0. The van der Waals surface area contributed by atoms with E-state index < -0.39 is 0 Å². The van der Waals surface area contributed by atoms with Gasteiger partial charge < -0.3 is 4.90 Å². The summed E-state index contributed by atoms with van der Waals surface area (Å²) in [6.07, 6.45) is 2.61. The minimum Gasteiger partial charge on any atom is -0.307 e. The van der Waals surface area contributed by atoms with Crippen molar-refractivity contribution in [1.82, 2.24) is 4.90 Å². The molecule has 0 atom stereocenters. The summed E-state index contributed by atoms with van der Waals surface area (Å²) in [6.45, 7) is 18.9. The van der Waals surface area contributed by atoms with E-state index in [1.807, 2.05) is 0 Å². The Morgan fingerprint density at radius 2 is 1.56 bits per heavy atom. The van der Waals surface area contributed by atoms with Gasteiger partial charge in [0.1, 0.15) is 0 Å². The zero-order valence-electron chi connectivity index (χ0n) is 12.9.